The van der Waals surface area contributed by atoms with E-state index in [4.69, 9.17) is 38.6 Å². The maximum absolute atomic E-state index is 14.8. The second kappa shape index (κ2) is 25.4. The number of hydrogen-bond donors (Lipinski definition) is 6. The van der Waals surface area contributed by atoms with Crippen LogP contribution in [0, 0.1) is 23.2 Å². The first-order valence-electron chi connectivity index (χ1n) is 26.1. The maximum atomic E-state index is 14.8. The molecule has 0 aliphatic carbocycles. The second-order valence-corrected chi connectivity index (χ2v) is 22.2. The molecule has 3 fully saturated rings. The van der Waals surface area contributed by atoms with Gasteiger partial charge in [-0.2, -0.15) is 0 Å². The number of halogens is 1. The Morgan fingerprint density at radius 2 is 1.66 bits per heavy atom. The van der Waals surface area contributed by atoms with Crippen LogP contribution in [0.2, 0.25) is 0 Å². The summed E-state index contributed by atoms with van der Waals surface area (Å²) in [6.07, 6.45) is -8.05. The number of carbonyl (C=O) groups is 1. The van der Waals surface area contributed by atoms with Crippen molar-refractivity contribution in [3.05, 3.63) is 47.3 Å². The molecule has 5 rings (SSSR count). The number of aliphatic hydroxyl groups excluding tert-OH is 3. The summed E-state index contributed by atoms with van der Waals surface area (Å²) in [7, 11) is 6.71. The van der Waals surface area contributed by atoms with Crippen LogP contribution in [0.1, 0.15) is 131 Å². The minimum absolute atomic E-state index is 0.0825. The van der Waals surface area contributed by atoms with Crippen molar-refractivity contribution in [3.8, 4) is 0 Å². The lowest BCUT2D eigenvalue weighted by molar-refractivity contribution is -0.318. The normalized spacial score (nSPS) is 39.6. The summed E-state index contributed by atoms with van der Waals surface area (Å²) in [6, 6.07) is 5.36. The topological polar surface area (TPSA) is 244 Å². The zero-order valence-corrected chi connectivity index (χ0v) is 46.0. The van der Waals surface area contributed by atoms with Gasteiger partial charge in [-0.15, -0.1) is 5.10 Å². The van der Waals surface area contributed by atoms with Gasteiger partial charge >= 0.3 is 5.97 Å². The largest absolute Gasteiger partial charge is 0.459 e. The Morgan fingerprint density at radius 3 is 2.25 bits per heavy atom. The van der Waals surface area contributed by atoms with E-state index in [-0.39, 0.29) is 25.2 Å². The Hall–Kier alpha value is -3.09. The van der Waals surface area contributed by atoms with Crippen molar-refractivity contribution in [3.63, 3.8) is 0 Å². The molecule has 2 aromatic rings. The van der Waals surface area contributed by atoms with Gasteiger partial charge < -0.3 is 73.9 Å². The predicted molar refractivity (Wildman–Crippen MR) is 271 cm³/mol. The number of alkyl halides is 1. The molecule has 0 saturated carbocycles. The molecule has 1 aromatic heterocycles. The molecule has 4 heterocycles. The van der Waals surface area contributed by atoms with Crippen molar-refractivity contribution in [2.24, 2.45) is 17.8 Å². The first kappa shape index (κ1) is 60.8. The summed E-state index contributed by atoms with van der Waals surface area (Å²) in [5.41, 5.74) is -2.09. The summed E-state index contributed by atoms with van der Waals surface area (Å²) in [6.45, 7) is 19.2. The van der Waals surface area contributed by atoms with Crippen LogP contribution in [0.25, 0.3) is 0 Å². The van der Waals surface area contributed by atoms with Crippen molar-refractivity contribution >= 4 is 11.7 Å². The highest BCUT2D eigenvalue weighted by atomic mass is 19.1. The molecule has 19 nitrogen and oxygen atoms in total. The van der Waals surface area contributed by atoms with E-state index in [0.717, 1.165) is 11.1 Å². The minimum Gasteiger partial charge on any atom is -0.459 e. The summed E-state index contributed by atoms with van der Waals surface area (Å²) in [5.74, 6) is -2.88. The lowest BCUT2D eigenvalue weighted by Crippen LogP contribution is -2.61. The van der Waals surface area contributed by atoms with Crippen LogP contribution in [-0.4, -0.2) is 200 Å². The number of rotatable bonds is 16. The SMILES string of the molecule is CC[C@H]1OC(=O)[C@H](C)[C@@H](O[C@H]2C[C@@](C)(OC)[C@@H](O)[C@H](C)O2)[C@H](C)[C@@H](O[C@@H]2O[C@H](C)C[C@H](N(C)CCc3cn([C@H](CF)[C@H](OC)c4ccc(C(C)=N)cc4)nn3)[C@H]2O)[C@](C)(O)C[C@@H](C)CN(C)[C@H](C)[C@@H](O)[C@]1(C)O. The van der Waals surface area contributed by atoms with Crippen molar-refractivity contribution in [2.45, 2.75) is 211 Å². The Bertz CT molecular complexity index is 2070. The fraction of sp³-hybridized carbons (Fsp3) is 0.811. The molecule has 6 N–H and O–H groups in total. The van der Waals surface area contributed by atoms with Crippen molar-refractivity contribution in [1.29, 1.82) is 5.41 Å². The second-order valence-electron chi connectivity index (χ2n) is 22.2. The number of methoxy groups -OCH3 is 2. The van der Waals surface area contributed by atoms with Crippen molar-refractivity contribution in [2.75, 3.05) is 48.1 Å². The molecule has 3 aliphatic rings. The number of hydrogen-bond acceptors (Lipinski definition) is 18. The Balaban J connectivity index is 1.44. The lowest BCUT2D eigenvalue weighted by atomic mass is 9.77. The highest BCUT2D eigenvalue weighted by molar-refractivity contribution is 5.96. The molecular formula is C53H89FN6O13. The first-order chi connectivity index (χ1) is 34.1. The van der Waals surface area contributed by atoms with Crippen LogP contribution < -0.4 is 0 Å². The molecule has 20 atom stereocenters. The molecule has 416 valence electrons. The number of benzene rings is 1. The summed E-state index contributed by atoms with van der Waals surface area (Å²) < 4.78 is 60.3. The highest BCUT2D eigenvalue weighted by Crippen LogP contribution is 2.41. The highest BCUT2D eigenvalue weighted by Gasteiger charge is 2.53. The fourth-order valence-electron chi connectivity index (χ4n) is 11.4. The van der Waals surface area contributed by atoms with Crippen LogP contribution in [0.5, 0.6) is 0 Å². The zero-order chi connectivity index (χ0) is 54.5. The van der Waals surface area contributed by atoms with Crippen LogP contribution >= 0.6 is 0 Å². The number of cyclic esters (lactones) is 1. The molecule has 0 radical (unpaired) electrons. The van der Waals surface area contributed by atoms with Crippen LogP contribution in [0.3, 0.4) is 0 Å². The number of aromatic nitrogens is 3. The fourth-order valence-corrected chi connectivity index (χ4v) is 11.4. The maximum Gasteiger partial charge on any atom is 0.311 e. The number of esters is 1. The van der Waals surface area contributed by atoms with Gasteiger partial charge in [-0.3, -0.25) is 4.79 Å². The molecule has 0 bridgehead atoms. The number of aliphatic hydroxyl groups is 5. The monoisotopic (exact) mass is 1040 g/mol. The van der Waals surface area contributed by atoms with E-state index in [1.54, 1.807) is 73.7 Å². The van der Waals surface area contributed by atoms with E-state index in [0.29, 0.717) is 37.3 Å². The minimum atomic E-state index is -1.85. The standard InChI is InChI=1S/C53H89FN6O13/c1-16-41-53(11,66)46(62)34(7)59(13)27-29(2)24-51(9,65)48(31(4)44(32(5)49(64)71-41)72-42-25-52(10,68-15)47(63)35(8)70-42)73-50-43(61)39(23-30(3)69-50)58(12)22-21-38-28-60(57-56-38)40(26-54)45(67-14)37-19-17-36(18-20-37)33(6)55/h17-20,28-32,34-35,39-48,50,55,61-63,65-66H,16,21-27H2,1-15H3/t29-,30-,31+,32-,34-,35+,39+,40-,41-,42+,43-,44+,45-,46-,47+,48-,50+,51-,52-,53-/m1/s1. The third-order valence-corrected chi connectivity index (χ3v) is 16.2. The smallest absolute Gasteiger partial charge is 0.311 e. The average molecular weight is 1040 g/mol. The third-order valence-electron chi connectivity index (χ3n) is 16.2. The van der Waals surface area contributed by atoms with Gasteiger partial charge in [0.1, 0.15) is 48.8 Å². The molecule has 0 amide bonds. The number of nitrogens with one attached hydrogen (secondary N) is 1. The number of nitrogens with zero attached hydrogens (tertiary/aromatic N) is 5. The van der Waals surface area contributed by atoms with Crippen molar-refractivity contribution < 1.29 is 67.9 Å². The molecule has 1 aromatic carbocycles. The van der Waals surface area contributed by atoms with Crippen molar-refractivity contribution in [1.82, 2.24) is 24.8 Å². The number of ether oxygens (including phenoxy) is 7. The van der Waals surface area contributed by atoms with E-state index in [1.807, 2.05) is 49.9 Å². The number of carbonyl (C=O) groups excluding carboxylic acids is 1. The molecule has 3 saturated heterocycles. The Kier molecular flexibility index (Phi) is 21.1. The molecule has 73 heavy (non-hydrogen) atoms. The van der Waals surface area contributed by atoms with E-state index in [2.05, 4.69) is 10.3 Å². The van der Waals surface area contributed by atoms with Gasteiger partial charge in [-0.05, 0) is 106 Å². The van der Waals surface area contributed by atoms with Gasteiger partial charge in [-0.25, -0.2) is 9.07 Å². The van der Waals surface area contributed by atoms with E-state index < -0.39 is 127 Å². The molecular weight excluding hydrogens is 948 g/mol. The van der Waals surface area contributed by atoms with E-state index in [9.17, 15) is 34.7 Å². The van der Waals surface area contributed by atoms with Crippen LogP contribution in [0.4, 0.5) is 4.39 Å². The van der Waals surface area contributed by atoms with Gasteiger partial charge in [0.05, 0.1) is 47.2 Å². The average Bonchev–Trinajstić information content (AvgIpc) is 3.81. The van der Waals surface area contributed by atoms with Gasteiger partial charge in [-0.1, -0.05) is 50.3 Å². The summed E-state index contributed by atoms with van der Waals surface area (Å²) in [4.78, 5) is 18.4. The Morgan fingerprint density at radius 1 is 1.00 bits per heavy atom. The predicted octanol–water partition coefficient (Wildman–Crippen LogP) is 4.39. The van der Waals surface area contributed by atoms with Gasteiger partial charge in [0.15, 0.2) is 12.6 Å². The number of likely N-dealkylation sites (N-methyl/N-ethyl adjacent to an activating group) is 2. The van der Waals surface area contributed by atoms with Gasteiger partial charge in [0.25, 0.3) is 0 Å². The van der Waals surface area contributed by atoms with E-state index >= 15 is 0 Å². The van der Waals surface area contributed by atoms with E-state index in [1.165, 1.54) is 25.8 Å². The first-order valence-corrected chi connectivity index (χ1v) is 26.1. The summed E-state index contributed by atoms with van der Waals surface area (Å²) >= 11 is 0. The third kappa shape index (κ3) is 14.1. The zero-order valence-electron chi connectivity index (χ0n) is 46.0. The quantitative estimate of drug-likeness (QED) is 0.101. The lowest BCUT2D eigenvalue weighted by Gasteiger charge is -2.49. The van der Waals surface area contributed by atoms with Gasteiger partial charge in [0, 0.05) is 70.1 Å². The van der Waals surface area contributed by atoms with Gasteiger partial charge in [0.2, 0.25) is 0 Å². The summed E-state index contributed by atoms with van der Waals surface area (Å²) in [5, 5.41) is 76.4. The van der Waals surface area contributed by atoms with Crippen LogP contribution in [0.15, 0.2) is 30.5 Å². The molecule has 0 unspecified atom stereocenters. The Labute approximate surface area is 432 Å². The molecule has 3 aliphatic heterocycles. The molecule has 0 spiro atoms. The molecule has 20 heteroatoms. The van der Waals surface area contributed by atoms with Crippen LogP contribution in [-0.2, 0) is 44.4 Å².